The van der Waals surface area contributed by atoms with Crippen LogP contribution in [0.4, 0.5) is 0 Å². The fraction of sp³-hybridized carbons (Fsp3) is 0.118. The fourth-order valence-corrected chi connectivity index (χ4v) is 2.29. The molecule has 100 valence electrons. The summed E-state index contributed by atoms with van der Waals surface area (Å²) >= 11 is 0. The van der Waals surface area contributed by atoms with E-state index in [0.717, 1.165) is 28.5 Å². The fourth-order valence-electron chi connectivity index (χ4n) is 2.29. The molecule has 0 aliphatic heterocycles. The lowest BCUT2D eigenvalue weighted by Gasteiger charge is -2.11. The van der Waals surface area contributed by atoms with Gasteiger partial charge in [-0.05, 0) is 31.2 Å². The van der Waals surface area contributed by atoms with Crippen molar-refractivity contribution in [3.63, 3.8) is 0 Å². The highest BCUT2D eigenvalue weighted by atomic mass is 16.5. The van der Waals surface area contributed by atoms with E-state index in [1.165, 1.54) is 0 Å². The van der Waals surface area contributed by atoms with Crippen LogP contribution in [0.3, 0.4) is 0 Å². The SMILES string of the molecule is COc1ccc(-n2c(C)cnc2-c2ccccc2)cc1. The van der Waals surface area contributed by atoms with E-state index in [9.17, 15) is 0 Å². The summed E-state index contributed by atoms with van der Waals surface area (Å²) in [6, 6.07) is 18.2. The van der Waals surface area contributed by atoms with Crippen LogP contribution in [0.5, 0.6) is 5.75 Å². The van der Waals surface area contributed by atoms with Gasteiger partial charge >= 0.3 is 0 Å². The smallest absolute Gasteiger partial charge is 0.144 e. The highest BCUT2D eigenvalue weighted by molar-refractivity contribution is 5.59. The lowest BCUT2D eigenvalue weighted by molar-refractivity contribution is 0.414. The van der Waals surface area contributed by atoms with Crippen LogP contribution in [0, 0.1) is 6.92 Å². The van der Waals surface area contributed by atoms with E-state index in [0.29, 0.717) is 0 Å². The first-order valence-electron chi connectivity index (χ1n) is 6.54. The molecule has 3 aromatic rings. The van der Waals surface area contributed by atoms with E-state index >= 15 is 0 Å². The Balaban J connectivity index is 2.11. The Bertz CT molecular complexity index is 700. The Labute approximate surface area is 118 Å². The minimum atomic E-state index is 0.854. The second-order valence-corrected chi connectivity index (χ2v) is 4.62. The summed E-state index contributed by atoms with van der Waals surface area (Å²) < 4.78 is 7.35. The number of ether oxygens (including phenoxy) is 1. The summed E-state index contributed by atoms with van der Waals surface area (Å²) in [5.41, 5.74) is 3.30. The normalized spacial score (nSPS) is 10.5. The average molecular weight is 264 g/mol. The first-order valence-corrected chi connectivity index (χ1v) is 6.54. The number of hydrogen-bond acceptors (Lipinski definition) is 2. The molecule has 0 unspecified atom stereocenters. The molecule has 20 heavy (non-hydrogen) atoms. The molecule has 3 heteroatoms. The van der Waals surface area contributed by atoms with Crippen molar-refractivity contribution in [2.45, 2.75) is 6.92 Å². The van der Waals surface area contributed by atoms with Crippen LogP contribution >= 0.6 is 0 Å². The van der Waals surface area contributed by atoms with Gasteiger partial charge in [0.1, 0.15) is 11.6 Å². The van der Waals surface area contributed by atoms with Crippen LogP contribution in [0.15, 0.2) is 60.8 Å². The van der Waals surface area contributed by atoms with Crippen molar-refractivity contribution in [2.24, 2.45) is 0 Å². The molecule has 0 amide bonds. The molecule has 0 saturated carbocycles. The van der Waals surface area contributed by atoms with Crippen molar-refractivity contribution in [1.82, 2.24) is 9.55 Å². The van der Waals surface area contributed by atoms with Crippen molar-refractivity contribution >= 4 is 0 Å². The summed E-state index contributed by atoms with van der Waals surface area (Å²) in [6.07, 6.45) is 1.90. The molecule has 0 N–H and O–H groups in total. The van der Waals surface area contributed by atoms with Crippen LogP contribution in [0.25, 0.3) is 17.1 Å². The number of benzene rings is 2. The van der Waals surface area contributed by atoms with E-state index in [4.69, 9.17) is 4.74 Å². The van der Waals surface area contributed by atoms with Gasteiger partial charge in [-0.15, -0.1) is 0 Å². The number of hydrogen-bond donors (Lipinski definition) is 0. The van der Waals surface area contributed by atoms with Gasteiger partial charge in [-0.25, -0.2) is 4.98 Å². The summed E-state index contributed by atoms with van der Waals surface area (Å²) in [5.74, 6) is 1.81. The van der Waals surface area contributed by atoms with Gasteiger partial charge in [-0.3, -0.25) is 4.57 Å². The third kappa shape index (κ3) is 2.18. The Morgan fingerprint density at radius 2 is 1.65 bits per heavy atom. The van der Waals surface area contributed by atoms with Crippen molar-refractivity contribution in [3.8, 4) is 22.8 Å². The molecule has 1 heterocycles. The second-order valence-electron chi connectivity index (χ2n) is 4.62. The monoisotopic (exact) mass is 264 g/mol. The predicted octanol–water partition coefficient (Wildman–Crippen LogP) is 3.86. The average Bonchev–Trinajstić information content (AvgIpc) is 2.90. The van der Waals surface area contributed by atoms with E-state index < -0.39 is 0 Å². The van der Waals surface area contributed by atoms with Gasteiger partial charge < -0.3 is 4.74 Å². The largest absolute Gasteiger partial charge is 0.497 e. The minimum Gasteiger partial charge on any atom is -0.497 e. The minimum absolute atomic E-state index is 0.854. The molecule has 2 aromatic carbocycles. The van der Waals surface area contributed by atoms with Crippen LogP contribution in [-0.2, 0) is 0 Å². The molecule has 0 radical (unpaired) electrons. The number of aromatic nitrogens is 2. The van der Waals surface area contributed by atoms with Crippen LogP contribution in [-0.4, -0.2) is 16.7 Å². The summed E-state index contributed by atoms with van der Waals surface area (Å²) in [7, 11) is 1.67. The lowest BCUT2D eigenvalue weighted by Crippen LogP contribution is -1.99. The number of aryl methyl sites for hydroxylation is 1. The lowest BCUT2D eigenvalue weighted by atomic mass is 10.2. The van der Waals surface area contributed by atoms with Gasteiger partial charge in [0, 0.05) is 23.1 Å². The highest BCUT2D eigenvalue weighted by Gasteiger charge is 2.10. The molecule has 0 atom stereocenters. The Morgan fingerprint density at radius 1 is 0.950 bits per heavy atom. The molecule has 0 aliphatic carbocycles. The van der Waals surface area contributed by atoms with E-state index in [-0.39, 0.29) is 0 Å². The van der Waals surface area contributed by atoms with Gasteiger partial charge in [-0.1, -0.05) is 30.3 Å². The zero-order valence-corrected chi connectivity index (χ0v) is 11.6. The number of imidazole rings is 1. The maximum atomic E-state index is 5.21. The highest BCUT2D eigenvalue weighted by Crippen LogP contribution is 2.24. The Kier molecular flexibility index (Phi) is 3.25. The zero-order valence-electron chi connectivity index (χ0n) is 11.6. The number of rotatable bonds is 3. The van der Waals surface area contributed by atoms with E-state index in [1.807, 2.05) is 48.7 Å². The standard InChI is InChI=1S/C17H16N2O/c1-13-12-18-17(14-6-4-3-5-7-14)19(13)15-8-10-16(20-2)11-9-15/h3-12H,1-2H3. The number of nitrogens with zero attached hydrogens (tertiary/aromatic N) is 2. The second kappa shape index (κ2) is 5.21. The molecular weight excluding hydrogens is 248 g/mol. The van der Waals surface area contributed by atoms with Crippen molar-refractivity contribution < 1.29 is 4.74 Å². The van der Waals surface area contributed by atoms with Gasteiger partial charge in [0.05, 0.1) is 7.11 Å². The summed E-state index contributed by atoms with van der Waals surface area (Å²) in [5, 5.41) is 0. The third-order valence-electron chi connectivity index (χ3n) is 3.30. The van der Waals surface area contributed by atoms with Crippen molar-refractivity contribution in [3.05, 3.63) is 66.5 Å². The quantitative estimate of drug-likeness (QED) is 0.718. The Morgan fingerprint density at radius 3 is 2.30 bits per heavy atom. The van der Waals surface area contributed by atoms with Crippen LogP contribution < -0.4 is 4.74 Å². The molecule has 0 fully saturated rings. The topological polar surface area (TPSA) is 27.1 Å². The molecule has 3 nitrogen and oxygen atoms in total. The molecule has 0 bridgehead atoms. The van der Waals surface area contributed by atoms with Crippen LogP contribution in [0.2, 0.25) is 0 Å². The number of methoxy groups -OCH3 is 1. The predicted molar refractivity (Wildman–Crippen MR) is 80.3 cm³/mol. The van der Waals surface area contributed by atoms with Crippen molar-refractivity contribution in [1.29, 1.82) is 0 Å². The molecular formula is C17H16N2O. The first kappa shape index (κ1) is 12.5. The summed E-state index contributed by atoms with van der Waals surface area (Å²) in [6.45, 7) is 2.06. The molecule has 0 saturated heterocycles. The third-order valence-corrected chi connectivity index (χ3v) is 3.30. The molecule has 3 rings (SSSR count). The zero-order chi connectivity index (χ0) is 13.9. The van der Waals surface area contributed by atoms with Crippen LogP contribution in [0.1, 0.15) is 5.69 Å². The maximum Gasteiger partial charge on any atom is 0.144 e. The maximum absolute atomic E-state index is 5.21. The molecule has 1 aromatic heterocycles. The summed E-state index contributed by atoms with van der Waals surface area (Å²) in [4.78, 5) is 4.54. The van der Waals surface area contributed by atoms with Gasteiger partial charge in [0.25, 0.3) is 0 Å². The van der Waals surface area contributed by atoms with Gasteiger partial charge in [0.2, 0.25) is 0 Å². The van der Waals surface area contributed by atoms with Gasteiger partial charge in [-0.2, -0.15) is 0 Å². The van der Waals surface area contributed by atoms with Gasteiger partial charge in [0.15, 0.2) is 0 Å². The van der Waals surface area contributed by atoms with Crippen molar-refractivity contribution in [2.75, 3.05) is 7.11 Å². The first-order chi connectivity index (χ1) is 9.79. The molecule has 0 aliphatic rings. The molecule has 0 spiro atoms. The Hall–Kier alpha value is -2.55. The van der Waals surface area contributed by atoms with E-state index in [2.05, 4.69) is 28.6 Å². The van der Waals surface area contributed by atoms with E-state index in [1.54, 1.807) is 7.11 Å².